The van der Waals surface area contributed by atoms with Gasteiger partial charge in [0.2, 0.25) is 5.43 Å². The second-order valence-electron chi connectivity index (χ2n) is 6.52. The zero-order valence-corrected chi connectivity index (χ0v) is 14.2. The van der Waals surface area contributed by atoms with Crippen LogP contribution in [-0.4, -0.2) is 20.7 Å². The third kappa shape index (κ3) is 3.01. The van der Waals surface area contributed by atoms with E-state index in [2.05, 4.69) is 0 Å². The van der Waals surface area contributed by atoms with Crippen LogP contribution in [0.1, 0.15) is 34.8 Å². The first kappa shape index (κ1) is 17.1. The molecule has 0 atom stereocenters. The van der Waals surface area contributed by atoms with Gasteiger partial charge >= 0.3 is 5.97 Å². The van der Waals surface area contributed by atoms with Gasteiger partial charge in [0.05, 0.1) is 10.9 Å². The van der Waals surface area contributed by atoms with Crippen molar-refractivity contribution in [3.8, 4) is 11.5 Å². The van der Waals surface area contributed by atoms with Crippen molar-refractivity contribution >= 4 is 16.9 Å². The molecule has 27 heavy (non-hydrogen) atoms. The lowest BCUT2D eigenvalue weighted by atomic mass is 10.1. The first-order chi connectivity index (χ1) is 13.0. The molecule has 0 bridgehead atoms. The van der Waals surface area contributed by atoms with Crippen LogP contribution in [0, 0.1) is 5.82 Å². The van der Waals surface area contributed by atoms with Crippen molar-refractivity contribution in [3.05, 3.63) is 69.8 Å². The molecule has 6 nitrogen and oxygen atoms in total. The minimum Gasteiger partial charge on any atom is -0.504 e. The molecule has 0 radical (unpaired) electrons. The summed E-state index contributed by atoms with van der Waals surface area (Å²) < 4.78 is 22.1. The Hall–Kier alpha value is -3.35. The Morgan fingerprint density at radius 3 is 2.59 bits per heavy atom. The van der Waals surface area contributed by atoms with Crippen molar-refractivity contribution in [2.45, 2.75) is 25.5 Å². The molecule has 0 unspecified atom stereocenters. The van der Waals surface area contributed by atoms with Crippen LogP contribution in [0.4, 0.5) is 4.39 Å². The van der Waals surface area contributed by atoms with Crippen molar-refractivity contribution in [1.29, 1.82) is 0 Å². The average molecular weight is 369 g/mol. The molecule has 2 aromatic carbocycles. The van der Waals surface area contributed by atoms with Gasteiger partial charge in [-0.05, 0) is 24.5 Å². The highest BCUT2D eigenvalue weighted by molar-refractivity contribution is 5.94. The monoisotopic (exact) mass is 369 g/mol. The molecule has 0 amide bonds. The predicted molar refractivity (Wildman–Crippen MR) is 95.8 cm³/mol. The van der Waals surface area contributed by atoms with Gasteiger partial charge in [0.25, 0.3) is 0 Å². The molecule has 2 N–H and O–H groups in total. The van der Waals surface area contributed by atoms with Crippen LogP contribution < -0.4 is 10.2 Å². The zero-order valence-electron chi connectivity index (χ0n) is 14.2. The number of fused-ring (bicyclic) bond motifs is 1. The molecule has 3 aromatic rings. The van der Waals surface area contributed by atoms with Crippen LogP contribution in [0.2, 0.25) is 0 Å². The molecule has 0 saturated heterocycles. The summed E-state index contributed by atoms with van der Waals surface area (Å²) in [5.41, 5.74) is -0.546. The maximum absolute atomic E-state index is 15.2. The minimum atomic E-state index is -1.39. The SMILES string of the molecule is O=C(O)c1cn(C2CC2)c2c(F)c(OCc3ccccc3)c(O)cc2c1=O. The summed E-state index contributed by atoms with van der Waals surface area (Å²) in [4.78, 5) is 23.8. The lowest BCUT2D eigenvalue weighted by molar-refractivity contribution is 0.0694. The van der Waals surface area contributed by atoms with Gasteiger partial charge in [-0.1, -0.05) is 30.3 Å². The molecule has 138 valence electrons. The predicted octanol–water partition coefficient (Wildman–Crippen LogP) is 3.46. The molecule has 0 aliphatic heterocycles. The number of carboxylic acid groups (broad SMARTS) is 1. The number of hydrogen-bond acceptors (Lipinski definition) is 4. The van der Waals surface area contributed by atoms with E-state index in [1.54, 1.807) is 12.1 Å². The Morgan fingerprint density at radius 2 is 1.96 bits per heavy atom. The Bertz CT molecular complexity index is 1100. The highest BCUT2D eigenvalue weighted by Gasteiger charge is 2.30. The van der Waals surface area contributed by atoms with Crippen LogP contribution >= 0.6 is 0 Å². The Labute approximate surface area is 153 Å². The van der Waals surface area contributed by atoms with Gasteiger partial charge in [0.15, 0.2) is 17.3 Å². The van der Waals surface area contributed by atoms with E-state index >= 15 is 4.39 Å². The van der Waals surface area contributed by atoms with Gasteiger partial charge in [-0.3, -0.25) is 4.79 Å². The maximum Gasteiger partial charge on any atom is 0.341 e. The summed E-state index contributed by atoms with van der Waals surface area (Å²) in [6.45, 7) is 0.0394. The summed E-state index contributed by atoms with van der Waals surface area (Å²) in [6, 6.07) is 10.1. The number of carbonyl (C=O) groups is 1. The van der Waals surface area contributed by atoms with Gasteiger partial charge < -0.3 is 19.5 Å². The topological polar surface area (TPSA) is 88.8 Å². The van der Waals surface area contributed by atoms with E-state index in [0.717, 1.165) is 24.5 Å². The Balaban J connectivity index is 1.87. The fourth-order valence-electron chi connectivity index (χ4n) is 3.10. The van der Waals surface area contributed by atoms with E-state index in [0.29, 0.717) is 0 Å². The molecular weight excluding hydrogens is 353 g/mol. The molecule has 1 fully saturated rings. The van der Waals surface area contributed by atoms with Crippen molar-refractivity contribution in [2.75, 3.05) is 0 Å². The second kappa shape index (κ2) is 6.42. The van der Waals surface area contributed by atoms with Crippen molar-refractivity contribution in [3.63, 3.8) is 0 Å². The van der Waals surface area contributed by atoms with Crippen molar-refractivity contribution in [1.82, 2.24) is 4.57 Å². The van der Waals surface area contributed by atoms with Crippen LogP contribution in [-0.2, 0) is 6.61 Å². The average Bonchev–Trinajstić information content (AvgIpc) is 3.48. The lowest BCUT2D eigenvalue weighted by Crippen LogP contribution is -2.19. The molecule has 4 rings (SSSR count). The standard InChI is InChI=1S/C20H16FNO5/c21-16-17-13(18(24)14(20(25)26)9-22(17)12-6-7-12)8-15(23)19(16)27-10-11-4-2-1-3-5-11/h1-5,8-9,12,23H,6-7,10H2,(H,25,26). The number of phenolic OH excluding ortho intramolecular Hbond substituents is 1. The second-order valence-corrected chi connectivity index (χ2v) is 6.52. The number of hydrogen-bond donors (Lipinski definition) is 2. The molecule has 1 aliphatic carbocycles. The summed E-state index contributed by atoms with van der Waals surface area (Å²) >= 11 is 0. The van der Waals surface area contributed by atoms with Gasteiger partial charge in [0.1, 0.15) is 12.2 Å². The first-order valence-electron chi connectivity index (χ1n) is 8.47. The summed E-state index contributed by atoms with van der Waals surface area (Å²) in [5, 5.41) is 19.3. The maximum atomic E-state index is 15.2. The van der Waals surface area contributed by atoms with Crippen molar-refractivity contribution in [2.24, 2.45) is 0 Å². The Morgan fingerprint density at radius 1 is 1.26 bits per heavy atom. The molecule has 1 aliphatic rings. The fourth-order valence-corrected chi connectivity index (χ4v) is 3.10. The number of pyridine rings is 1. The normalized spacial score (nSPS) is 13.7. The first-order valence-corrected chi connectivity index (χ1v) is 8.47. The number of nitrogens with zero attached hydrogens (tertiary/aromatic N) is 1. The number of aromatic carboxylic acids is 1. The van der Waals surface area contributed by atoms with Crippen LogP contribution in [0.5, 0.6) is 11.5 Å². The van der Waals surface area contributed by atoms with Crippen LogP contribution in [0.25, 0.3) is 10.9 Å². The highest BCUT2D eigenvalue weighted by Crippen LogP contribution is 2.41. The van der Waals surface area contributed by atoms with Crippen molar-refractivity contribution < 1.29 is 24.1 Å². The summed E-state index contributed by atoms with van der Waals surface area (Å²) in [5.74, 6) is -3.16. The van der Waals surface area contributed by atoms with Gasteiger partial charge in [0, 0.05) is 12.2 Å². The largest absolute Gasteiger partial charge is 0.504 e. The third-order valence-corrected chi connectivity index (χ3v) is 4.59. The molecule has 1 saturated carbocycles. The van der Waals surface area contributed by atoms with E-state index in [1.807, 2.05) is 18.2 Å². The van der Waals surface area contributed by atoms with E-state index in [4.69, 9.17) is 4.74 Å². The number of rotatable bonds is 5. The summed E-state index contributed by atoms with van der Waals surface area (Å²) in [7, 11) is 0. The van der Waals surface area contributed by atoms with Gasteiger partial charge in [-0.15, -0.1) is 0 Å². The number of benzene rings is 2. The number of ether oxygens (including phenoxy) is 1. The number of aromatic hydroxyl groups is 1. The van der Waals surface area contributed by atoms with Crippen LogP contribution in [0.15, 0.2) is 47.4 Å². The zero-order chi connectivity index (χ0) is 19.1. The van der Waals surface area contributed by atoms with E-state index in [1.165, 1.54) is 10.8 Å². The highest BCUT2D eigenvalue weighted by atomic mass is 19.1. The lowest BCUT2D eigenvalue weighted by Gasteiger charge is -2.16. The number of phenols is 1. The van der Waals surface area contributed by atoms with E-state index in [-0.39, 0.29) is 29.3 Å². The van der Waals surface area contributed by atoms with Gasteiger partial charge in [-0.2, -0.15) is 0 Å². The quantitative estimate of drug-likeness (QED) is 0.719. The number of carboxylic acids is 1. The van der Waals surface area contributed by atoms with E-state index < -0.39 is 28.5 Å². The Kier molecular flexibility index (Phi) is 4.07. The smallest absolute Gasteiger partial charge is 0.341 e. The summed E-state index contributed by atoms with van der Waals surface area (Å²) in [6.07, 6.45) is 2.70. The molecular formula is C20H16FNO5. The molecule has 0 spiro atoms. The minimum absolute atomic E-state index is 0.0394. The number of halogens is 1. The number of aromatic nitrogens is 1. The molecule has 1 aromatic heterocycles. The fraction of sp³-hybridized carbons (Fsp3) is 0.200. The molecule has 7 heteroatoms. The van der Waals surface area contributed by atoms with E-state index in [9.17, 15) is 19.8 Å². The van der Waals surface area contributed by atoms with Crippen LogP contribution in [0.3, 0.4) is 0 Å². The third-order valence-electron chi connectivity index (χ3n) is 4.59. The van der Waals surface area contributed by atoms with Gasteiger partial charge in [-0.25, -0.2) is 9.18 Å². The molecule has 1 heterocycles.